The van der Waals surface area contributed by atoms with E-state index in [2.05, 4.69) is 62.4 Å². The number of imide groups is 1. The second-order valence-corrected chi connectivity index (χ2v) is 30.2. The Labute approximate surface area is 707 Å². The minimum atomic E-state index is -0.941. The van der Waals surface area contributed by atoms with Crippen molar-refractivity contribution in [3.05, 3.63) is 156 Å². The van der Waals surface area contributed by atoms with Gasteiger partial charge in [0.05, 0.1) is 174 Å². The molecule has 11 rings (SSSR count). The first-order valence-electron chi connectivity index (χ1n) is 41.8. The molecule has 6 heterocycles. The quantitative estimate of drug-likeness (QED) is 0.0237. The van der Waals surface area contributed by atoms with Crippen LogP contribution in [-0.2, 0) is 66.7 Å². The molecule has 0 aromatic heterocycles. The molecule has 4 aromatic rings. The van der Waals surface area contributed by atoms with Gasteiger partial charge in [0.1, 0.15) is 12.1 Å². The molecule has 4 aromatic carbocycles. The van der Waals surface area contributed by atoms with Crippen LogP contribution < -0.4 is 45.1 Å². The van der Waals surface area contributed by atoms with Gasteiger partial charge in [-0.3, -0.25) is 53.2 Å². The van der Waals surface area contributed by atoms with Gasteiger partial charge in [0.2, 0.25) is 35.4 Å². The zero-order valence-electron chi connectivity index (χ0n) is 70.2. The van der Waals surface area contributed by atoms with E-state index in [1.165, 1.54) is 17.7 Å². The summed E-state index contributed by atoms with van der Waals surface area (Å²) in [5, 5.41) is 11.1. The number of likely N-dealkylation sites (tertiary alicyclic amines) is 1. The molecular formula is C90H115N11O20. The topological polar surface area (TPSA) is 336 Å². The van der Waals surface area contributed by atoms with Gasteiger partial charge in [0.15, 0.2) is 23.0 Å². The van der Waals surface area contributed by atoms with Crippen LogP contribution in [0.15, 0.2) is 143 Å². The lowest BCUT2D eigenvalue weighted by Crippen LogP contribution is -2.53. The van der Waals surface area contributed by atoms with Gasteiger partial charge in [0.25, 0.3) is 11.8 Å². The van der Waals surface area contributed by atoms with Gasteiger partial charge in [-0.1, -0.05) is 80.6 Å². The van der Waals surface area contributed by atoms with Crippen LogP contribution in [0.1, 0.15) is 104 Å². The summed E-state index contributed by atoms with van der Waals surface area (Å²) in [6, 6.07) is 20.4. The van der Waals surface area contributed by atoms with E-state index in [1.54, 1.807) is 80.3 Å². The molecule has 0 radical (unpaired) electrons. The number of hydrogen-bond donors (Lipinski definition) is 4. The van der Waals surface area contributed by atoms with Crippen molar-refractivity contribution >= 4 is 93.6 Å². The Hall–Kier alpha value is -10.7. The molecule has 1 unspecified atom stereocenters. The number of likely N-dealkylation sites (N-methyl/N-ethyl adjacent to an activating group) is 1. The first kappa shape index (κ1) is 91.0. The van der Waals surface area contributed by atoms with E-state index in [0.717, 1.165) is 66.9 Å². The molecule has 4 N–H and O–H groups in total. The van der Waals surface area contributed by atoms with Crippen molar-refractivity contribution in [1.29, 1.82) is 0 Å². The number of methoxy groups -OCH3 is 2. The average Bonchev–Trinajstić information content (AvgIpc) is 1.64. The molecular weight excluding hydrogens is 1560 g/mol. The standard InChI is InChI=1S/C90H115N11O20/c1-62(2)85(96-83(103)26-35-112-37-39-114-41-43-116-45-47-118-49-50-119-48-46-117-44-42-115-40-38-113-36-27-91-82(102)25-28-99-84(104)55-73(88(99)107)66-15-11-8-7-9-12-16-66)87(106)94-63(3)86(105)95-69-21-17-64(18-22-69)67-51-71-58-92-76-56-80(78(110-5)53-74(76)89(108)100(71)60-67)120-33-13-10-14-34-121-81-57-77-75(54-79(81)111-6)90(109)101-61-68(52-72(101)59-93-77)65-19-23-70(24-20-65)98-31-29-97(4)30-32-98/h7-9,11-12,15-24,53-54,56-63,71-73,85H,10,13-14,25-52,55H2,1-6H3,(H,91,102)(H,94,106)(H,95,105)(H,96,103)/b8-7-,9-7?,11-8?,12-9-,15-11?,16-12?,66-15?,66-16?/t63-,71-,72-,73?,85-/m0/s1. The van der Waals surface area contributed by atoms with E-state index in [9.17, 15) is 38.4 Å². The first-order chi connectivity index (χ1) is 58.9. The minimum absolute atomic E-state index is 0.0126. The number of unbranched alkanes of at least 4 members (excludes halogenated alkanes) is 2. The molecule has 0 saturated carbocycles. The Balaban J connectivity index is 0.480. The fraction of sp³-hybridized carbons (Fsp3) is 0.489. The molecule has 8 amide bonds. The number of fused-ring (bicyclic) bond motifs is 4. The summed E-state index contributed by atoms with van der Waals surface area (Å²) < 4.78 is 68.3. The number of carbonyl (C=O) groups is 8. The average molecular weight is 1670 g/mol. The van der Waals surface area contributed by atoms with Crippen LogP contribution in [0.25, 0.3) is 11.1 Å². The van der Waals surface area contributed by atoms with Crippen LogP contribution in [-0.4, -0.2) is 283 Å². The van der Waals surface area contributed by atoms with Crippen molar-refractivity contribution in [1.82, 2.24) is 35.6 Å². The molecule has 5 atom stereocenters. The lowest BCUT2D eigenvalue weighted by molar-refractivity contribution is -0.139. The molecule has 31 heteroatoms. The first-order valence-corrected chi connectivity index (χ1v) is 41.8. The van der Waals surface area contributed by atoms with E-state index in [1.807, 2.05) is 73.3 Å². The SMILES string of the molecule is COc1cc2c(cc1OCCCCCOc1cc3c(cc1OC)C(=O)N1C=C(c4ccc(N5CCN(C)CC5)cc4)C[C@H]1C=N3)N=C[C@@H]1CC(c3ccc(NC(=O)[C@H](C)NC(=O)[C@@H](NC(=O)CCOCCOCCOCCOCCOCCOCCOCCOCCNC(=O)CCN4C(=O)CC(C5=C/C=C\C=C/C=C5)C4=O)C(C)C)cc3)=CN1C2=O. The minimum Gasteiger partial charge on any atom is -0.493 e. The zero-order chi connectivity index (χ0) is 85.2. The van der Waals surface area contributed by atoms with Gasteiger partial charge in [-0.05, 0) is 103 Å². The molecule has 0 bridgehead atoms. The summed E-state index contributed by atoms with van der Waals surface area (Å²) in [7, 11) is 5.25. The summed E-state index contributed by atoms with van der Waals surface area (Å²) in [5.74, 6) is -1.55. The van der Waals surface area contributed by atoms with Crippen molar-refractivity contribution in [3.63, 3.8) is 0 Å². The highest BCUT2D eigenvalue weighted by Gasteiger charge is 2.41. The Morgan fingerprint density at radius 2 is 0.992 bits per heavy atom. The Kier molecular flexibility index (Phi) is 35.7. The third kappa shape index (κ3) is 26.9. The van der Waals surface area contributed by atoms with Crippen LogP contribution in [0.4, 0.5) is 22.7 Å². The Bertz CT molecular complexity index is 4440. The summed E-state index contributed by atoms with van der Waals surface area (Å²) in [4.78, 5) is 125. The van der Waals surface area contributed by atoms with E-state index in [0.29, 0.717) is 183 Å². The van der Waals surface area contributed by atoms with E-state index >= 15 is 0 Å². The van der Waals surface area contributed by atoms with Gasteiger partial charge in [-0.2, -0.15) is 0 Å². The lowest BCUT2D eigenvalue weighted by Gasteiger charge is -2.34. The number of nitrogens with zero attached hydrogens (tertiary/aromatic N) is 7. The molecule has 31 nitrogen and oxygen atoms in total. The Morgan fingerprint density at radius 3 is 1.50 bits per heavy atom. The van der Waals surface area contributed by atoms with Crippen molar-refractivity contribution in [2.75, 3.05) is 190 Å². The highest BCUT2D eigenvalue weighted by atomic mass is 16.6. The van der Waals surface area contributed by atoms with Crippen molar-refractivity contribution in [3.8, 4) is 23.0 Å². The maximum absolute atomic E-state index is 14.2. The Morgan fingerprint density at radius 1 is 0.504 bits per heavy atom. The zero-order valence-corrected chi connectivity index (χ0v) is 70.2. The highest BCUT2D eigenvalue weighted by Crippen LogP contribution is 2.43. The fourth-order valence-electron chi connectivity index (χ4n) is 14.4. The molecule has 1 aliphatic carbocycles. The molecule has 2 saturated heterocycles. The predicted molar refractivity (Wildman–Crippen MR) is 457 cm³/mol. The van der Waals surface area contributed by atoms with Crippen LogP contribution in [0.3, 0.4) is 0 Å². The van der Waals surface area contributed by atoms with Crippen LogP contribution in [0.2, 0.25) is 0 Å². The van der Waals surface area contributed by atoms with Gasteiger partial charge in [-0.25, -0.2) is 0 Å². The number of aliphatic imine (C=N–C) groups is 2. The summed E-state index contributed by atoms with van der Waals surface area (Å²) in [6.45, 7) is 15.9. The normalized spacial score (nSPS) is 18.4. The third-order valence-corrected chi connectivity index (χ3v) is 21.3. The summed E-state index contributed by atoms with van der Waals surface area (Å²) in [5.41, 5.74) is 8.23. The molecule has 7 aliphatic rings. The molecule has 0 spiro atoms. The van der Waals surface area contributed by atoms with Crippen molar-refractivity contribution in [2.24, 2.45) is 21.8 Å². The highest BCUT2D eigenvalue weighted by molar-refractivity contribution is 6.08. The predicted octanol–water partition coefficient (Wildman–Crippen LogP) is 8.62. The molecule has 121 heavy (non-hydrogen) atoms. The molecule has 6 aliphatic heterocycles. The number of nitrogens with one attached hydrogen (secondary N) is 4. The van der Waals surface area contributed by atoms with Crippen LogP contribution >= 0.6 is 0 Å². The molecule has 2 fully saturated rings. The maximum Gasteiger partial charge on any atom is 0.260 e. The monoisotopic (exact) mass is 1670 g/mol. The number of allylic oxidation sites excluding steroid dienone is 7. The van der Waals surface area contributed by atoms with Crippen LogP contribution in [0.5, 0.6) is 23.0 Å². The largest absolute Gasteiger partial charge is 0.493 e. The van der Waals surface area contributed by atoms with Gasteiger partial charge in [0, 0.05) is 120 Å². The third-order valence-electron chi connectivity index (χ3n) is 21.3. The van der Waals surface area contributed by atoms with Crippen molar-refractivity contribution < 1.29 is 95.2 Å². The fourth-order valence-corrected chi connectivity index (χ4v) is 14.4. The maximum atomic E-state index is 14.2. The van der Waals surface area contributed by atoms with E-state index in [-0.39, 0.29) is 92.5 Å². The molecule has 650 valence electrons. The number of anilines is 2. The summed E-state index contributed by atoms with van der Waals surface area (Å²) in [6.07, 6.45) is 23.8. The number of ether oxygens (including phenoxy) is 12. The number of benzene rings is 4. The van der Waals surface area contributed by atoms with Gasteiger partial charge < -0.3 is 97.7 Å². The number of hydrogen-bond acceptors (Lipinski definition) is 24. The number of rotatable bonds is 50. The lowest BCUT2D eigenvalue weighted by atomic mass is 9.95. The van der Waals surface area contributed by atoms with E-state index in [4.69, 9.17) is 66.8 Å². The second kappa shape index (κ2) is 47.5. The number of amides is 8. The van der Waals surface area contributed by atoms with E-state index < -0.39 is 29.8 Å². The number of piperazine rings is 1. The summed E-state index contributed by atoms with van der Waals surface area (Å²) >= 11 is 0. The van der Waals surface area contributed by atoms with Gasteiger partial charge >= 0.3 is 0 Å². The number of carbonyl (C=O) groups excluding carboxylic acids is 8. The van der Waals surface area contributed by atoms with Crippen LogP contribution in [0, 0.1) is 11.8 Å². The second-order valence-electron chi connectivity index (χ2n) is 30.2. The van der Waals surface area contributed by atoms with Gasteiger partial charge in [-0.15, -0.1) is 0 Å². The smallest absolute Gasteiger partial charge is 0.260 e. The van der Waals surface area contributed by atoms with Crippen molar-refractivity contribution in [2.45, 2.75) is 96.3 Å².